The molecule has 0 spiro atoms. The van der Waals surface area contributed by atoms with Crippen LogP contribution in [0.25, 0.3) is 15.7 Å². The number of aromatic nitrogens is 3. The number of rotatable bonds is 5. The maximum Gasteiger partial charge on any atom is 0.261 e. The normalized spacial score (nSPS) is 11.2. The van der Waals surface area contributed by atoms with E-state index in [1.807, 2.05) is 53.1 Å². The van der Waals surface area contributed by atoms with E-state index < -0.39 is 0 Å². The number of carbonyl (C=O) groups excluding carboxylic acids is 1. The van der Waals surface area contributed by atoms with Crippen LogP contribution in [0.4, 0.5) is 0 Å². The molecule has 0 aliphatic rings. The molecule has 0 unspecified atom stereocenters. The van der Waals surface area contributed by atoms with Crippen LogP contribution >= 0.6 is 22.9 Å². The number of hydrogen-bond donors (Lipinski definition) is 1. The van der Waals surface area contributed by atoms with Gasteiger partial charge in [-0.15, -0.1) is 21.5 Å². The molecule has 1 aromatic carbocycles. The van der Waals surface area contributed by atoms with Crippen molar-refractivity contribution in [1.29, 1.82) is 0 Å². The Morgan fingerprint density at radius 1 is 1.20 bits per heavy atom. The quantitative estimate of drug-likeness (QED) is 0.541. The molecule has 0 saturated heterocycles. The summed E-state index contributed by atoms with van der Waals surface area (Å²) in [5.74, 6) is 0.835. The van der Waals surface area contributed by atoms with Crippen LogP contribution in [-0.2, 0) is 6.42 Å². The number of nitrogens with zero attached hydrogens (tertiary/aromatic N) is 3. The highest BCUT2D eigenvalue weighted by Gasteiger charge is 2.11. The fourth-order valence-corrected chi connectivity index (χ4v) is 4.01. The number of fused-ring (bicyclic) bond motifs is 2. The molecule has 3 heterocycles. The number of hydrogen-bond acceptors (Lipinski definition) is 4. The van der Waals surface area contributed by atoms with Crippen LogP contribution in [-0.4, -0.2) is 27.0 Å². The molecule has 0 radical (unpaired) electrons. The molecular formula is C18H15ClN4OS. The van der Waals surface area contributed by atoms with E-state index in [1.165, 1.54) is 11.3 Å². The summed E-state index contributed by atoms with van der Waals surface area (Å²) in [7, 11) is 0. The zero-order chi connectivity index (χ0) is 17.2. The van der Waals surface area contributed by atoms with Gasteiger partial charge in [0.05, 0.1) is 14.6 Å². The molecule has 25 heavy (non-hydrogen) atoms. The Morgan fingerprint density at radius 2 is 2.12 bits per heavy atom. The molecule has 1 N–H and O–H groups in total. The first-order valence-electron chi connectivity index (χ1n) is 7.97. The number of benzene rings is 1. The summed E-state index contributed by atoms with van der Waals surface area (Å²) in [6.45, 7) is 0.586. The molecule has 5 nitrogen and oxygen atoms in total. The molecule has 0 atom stereocenters. The predicted molar refractivity (Wildman–Crippen MR) is 100 cm³/mol. The Balaban J connectivity index is 1.36. The van der Waals surface area contributed by atoms with Crippen LogP contribution in [0.2, 0.25) is 5.02 Å². The van der Waals surface area contributed by atoms with Crippen LogP contribution in [0, 0.1) is 0 Å². The first-order chi connectivity index (χ1) is 12.2. The van der Waals surface area contributed by atoms with Gasteiger partial charge < -0.3 is 5.32 Å². The van der Waals surface area contributed by atoms with Crippen molar-refractivity contribution in [3.8, 4) is 0 Å². The summed E-state index contributed by atoms with van der Waals surface area (Å²) in [5.41, 5.74) is 0.837. The Morgan fingerprint density at radius 3 is 3.00 bits per heavy atom. The van der Waals surface area contributed by atoms with Crippen LogP contribution in [0.1, 0.15) is 21.9 Å². The van der Waals surface area contributed by atoms with Crippen LogP contribution in [0.3, 0.4) is 0 Å². The third-order valence-corrected chi connectivity index (χ3v) is 5.58. The van der Waals surface area contributed by atoms with Crippen molar-refractivity contribution in [2.75, 3.05) is 6.54 Å². The number of nitrogens with one attached hydrogen (secondary N) is 1. The number of pyridine rings is 1. The summed E-state index contributed by atoms with van der Waals surface area (Å²) in [5, 5.41) is 13.0. The van der Waals surface area contributed by atoms with E-state index in [2.05, 4.69) is 15.5 Å². The second-order valence-corrected chi connectivity index (χ2v) is 7.13. The van der Waals surface area contributed by atoms with E-state index >= 15 is 0 Å². The van der Waals surface area contributed by atoms with Crippen molar-refractivity contribution in [3.05, 3.63) is 64.4 Å². The molecule has 4 aromatic rings. The number of thiophene rings is 1. The van der Waals surface area contributed by atoms with E-state index in [0.29, 0.717) is 16.4 Å². The molecule has 1 amide bonds. The van der Waals surface area contributed by atoms with Gasteiger partial charge in [0.15, 0.2) is 5.65 Å². The van der Waals surface area contributed by atoms with Gasteiger partial charge in [-0.05, 0) is 36.1 Å². The van der Waals surface area contributed by atoms with Gasteiger partial charge in [0.1, 0.15) is 5.82 Å². The lowest BCUT2D eigenvalue weighted by Crippen LogP contribution is -2.24. The molecule has 126 valence electrons. The fourth-order valence-electron chi connectivity index (χ4n) is 2.74. The highest BCUT2D eigenvalue weighted by Crippen LogP contribution is 2.31. The highest BCUT2D eigenvalue weighted by atomic mass is 35.5. The second-order valence-electron chi connectivity index (χ2n) is 5.67. The van der Waals surface area contributed by atoms with Gasteiger partial charge in [-0.25, -0.2) is 0 Å². The summed E-state index contributed by atoms with van der Waals surface area (Å²) < 4.78 is 2.92. The zero-order valence-electron chi connectivity index (χ0n) is 13.3. The molecule has 0 aliphatic heterocycles. The van der Waals surface area contributed by atoms with Gasteiger partial charge >= 0.3 is 0 Å². The van der Waals surface area contributed by atoms with Gasteiger partial charge in [0.25, 0.3) is 5.91 Å². The monoisotopic (exact) mass is 370 g/mol. The molecular weight excluding hydrogens is 356 g/mol. The minimum atomic E-state index is -0.0663. The van der Waals surface area contributed by atoms with Gasteiger partial charge in [0, 0.05) is 19.2 Å². The van der Waals surface area contributed by atoms with Crippen molar-refractivity contribution < 1.29 is 4.79 Å². The number of carbonyl (C=O) groups is 1. The molecule has 3 aromatic heterocycles. The third-order valence-electron chi connectivity index (χ3n) is 3.97. The maximum atomic E-state index is 12.3. The van der Waals surface area contributed by atoms with Gasteiger partial charge in [-0.1, -0.05) is 29.8 Å². The minimum absolute atomic E-state index is 0.0663. The van der Waals surface area contributed by atoms with Crippen LogP contribution in [0.15, 0.2) is 48.7 Å². The Kier molecular flexibility index (Phi) is 4.38. The summed E-state index contributed by atoms with van der Waals surface area (Å²) >= 11 is 7.59. The lowest BCUT2D eigenvalue weighted by atomic mass is 10.2. The highest BCUT2D eigenvalue weighted by molar-refractivity contribution is 7.21. The summed E-state index contributed by atoms with van der Waals surface area (Å²) in [6.07, 6.45) is 3.50. The van der Waals surface area contributed by atoms with Crippen molar-refractivity contribution >= 4 is 44.6 Å². The SMILES string of the molecule is O=C(NCCCc1nnc2ccccn12)c1cc2cccc(Cl)c2s1. The lowest BCUT2D eigenvalue weighted by Gasteiger charge is -2.03. The van der Waals surface area contributed by atoms with Gasteiger partial charge in [0.2, 0.25) is 0 Å². The van der Waals surface area contributed by atoms with Crippen molar-refractivity contribution in [2.45, 2.75) is 12.8 Å². The van der Waals surface area contributed by atoms with Gasteiger partial charge in [-0.2, -0.15) is 0 Å². The smallest absolute Gasteiger partial charge is 0.261 e. The fraction of sp³-hybridized carbons (Fsp3) is 0.167. The summed E-state index contributed by atoms with van der Waals surface area (Å²) in [4.78, 5) is 13.0. The molecule has 0 fully saturated rings. The maximum absolute atomic E-state index is 12.3. The van der Waals surface area contributed by atoms with Crippen molar-refractivity contribution in [3.63, 3.8) is 0 Å². The molecule has 0 bridgehead atoms. The predicted octanol–water partition coefficient (Wildman–Crippen LogP) is 3.96. The third kappa shape index (κ3) is 3.23. The van der Waals surface area contributed by atoms with E-state index in [9.17, 15) is 4.79 Å². The lowest BCUT2D eigenvalue weighted by molar-refractivity contribution is 0.0957. The van der Waals surface area contributed by atoms with Crippen LogP contribution < -0.4 is 5.32 Å². The zero-order valence-corrected chi connectivity index (χ0v) is 14.8. The van der Waals surface area contributed by atoms with Crippen molar-refractivity contribution in [1.82, 2.24) is 19.9 Å². The Hall–Kier alpha value is -2.44. The van der Waals surface area contributed by atoms with Crippen molar-refractivity contribution in [2.24, 2.45) is 0 Å². The van der Waals surface area contributed by atoms with E-state index in [-0.39, 0.29) is 5.91 Å². The number of amides is 1. The minimum Gasteiger partial charge on any atom is -0.351 e. The second kappa shape index (κ2) is 6.82. The van der Waals surface area contributed by atoms with Crippen LogP contribution in [0.5, 0.6) is 0 Å². The topological polar surface area (TPSA) is 59.3 Å². The molecule has 0 saturated carbocycles. The summed E-state index contributed by atoms with van der Waals surface area (Å²) in [6, 6.07) is 13.4. The first-order valence-corrected chi connectivity index (χ1v) is 9.17. The van der Waals surface area contributed by atoms with E-state index in [4.69, 9.17) is 11.6 Å². The van der Waals surface area contributed by atoms with E-state index in [1.54, 1.807) is 0 Å². The first kappa shape index (κ1) is 16.1. The van der Waals surface area contributed by atoms with Gasteiger partial charge in [-0.3, -0.25) is 9.20 Å². The standard InChI is InChI=1S/C18H15ClN4OS/c19-13-6-3-5-12-11-14(25-17(12)13)18(24)20-9-4-8-16-22-21-15-7-1-2-10-23(15)16/h1-3,5-7,10-11H,4,8-9H2,(H,20,24). The number of halogens is 1. The Labute approximate surface area is 153 Å². The molecule has 4 rings (SSSR count). The average molecular weight is 371 g/mol. The molecule has 7 heteroatoms. The average Bonchev–Trinajstić information content (AvgIpc) is 3.24. The number of aryl methyl sites for hydroxylation is 1. The molecule has 0 aliphatic carbocycles. The van der Waals surface area contributed by atoms with E-state index in [0.717, 1.165) is 34.4 Å². The largest absolute Gasteiger partial charge is 0.351 e. The Bertz CT molecular complexity index is 1060.